The number of thiazole rings is 1. The Balaban J connectivity index is 1.75. The van der Waals surface area contributed by atoms with E-state index in [0.717, 1.165) is 33.7 Å². The van der Waals surface area contributed by atoms with Gasteiger partial charge in [-0.25, -0.2) is 9.97 Å². The maximum atomic E-state index is 11.9. The molecular formula is C14H20N4OS2. The minimum Gasteiger partial charge on any atom is -0.354 e. The topological polar surface area (TPSA) is 59.8 Å². The summed E-state index contributed by atoms with van der Waals surface area (Å²) in [7, 11) is 0. The van der Waals surface area contributed by atoms with Crippen LogP contribution in [0.25, 0.3) is 0 Å². The minimum atomic E-state index is 0.0165. The molecule has 21 heavy (non-hydrogen) atoms. The first-order valence-corrected chi connectivity index (χ1v) is 8.79. The van der Waals surface area contributed by atoms with Crippen molar-refractivity contribution in [3.05, 3.63) is 28.8 Å². The molecule has 1 amide bonds. The summed E-state index contributed by atoms with van der Waals surface area (Å²) in [6.07, 6.45) is 2.16. The van der Waals surface area contributed by atoms with E-state index in [1.54, 1.807) is 23.1 Å². The number of nitrogens with zero attached hydrogens (tertiary/aromatic N) is 3. The van der Waals surface area contributed by atoms with Crippen molar-refractivity contribution in [3.8, 4) is 0 Å². The van der Waals surface area contributed by atoms with E-state index in [2.05, 4.69) is 26.8 Å². The number of carbonyl (C=O) groups is 1. The van der Waals surface area contributed by atoms with Crippen molar-refractivity contribution in [1.82, 2.24) is 19.9 Å². The molecule has 5 nitrogen and oxygen atoms in total. The molecule has 0 atom stereocenters. The van der Waals surface area contributed by atoms with E-state index in [9.17, 15) is 4.79 Å². The number of amides is 1. The third-order valence-corrected chi connectivity index (χ3v) is 5.11. The van der Waals surface area contributed by atoms with Crippen LogP contribution in [0, 0.1) is 13.8 Å². The molecule has 0 aliphatic heterocycles. The molecule has 2 aromatic heterocycles. The summed E-state index contributed by atoms with van der Waals surface area (Å²) in [6.45, 7) is 7.46. The lowest BCUT2D eigenvalue weighted by Crippen LogP contribution is -2.28. The summed E-state index contributed by atoms with van der Waals surface area (Å²) in [4.78, 5) is 20.6. The van der Waals surface area contributed by atoms with E-state index in [0.29, 0.717) is 13.0 Å². The van der Waals surface area contributed by atoms with Crippen LogP contribution in [0.4, 0.5) is 0 Å². The molecule has 0 fully saturated rings. The molecule has 0 aliphatic carbocycles. The Kier molecular flexibility index (Phi) is 5.81. The van der Waals surface area contributed by atoms with E-state index in [-0.39, 0.29) is 5.91 Å². The monoisotopic (exact) mass is 324 g/mol. The van der Waals surface area contributed by atoms with Crippen LogP contribution in [0.2, 0.25) is 0 Å². The normalized spacial score (nSPS) is 10.8. The first kappa shape index (κ1) is 16.0. The van der Waals surface area contributed by atoms with Gasteiger partial charge in [0, 0.05) is 24.2 Å². The second kappa shape index (κ2) is 7.61. The number of hydrogen-bond donors (Lipinski definition) is 1. The fourth-order valence-electron chi connectivity index (χ4n) is 1.87. The lowest BCUT2D eigenvalue weighted by atomic mass is 10.3. The van der Waals surface area contributed by atoms with Gasteiger partial charge in [-0.05, 0) is 19.6 Å². The molecule has 0 bridgehead atoms. The Morgan fingerprint density at radius 3 is 2.95 bits per heavy atom. The third kappa shape index (κ3) is 4.57. The Labute approximate surface area is 133 Å². The van der Waals surface area contributed by atoms with Crippen molar-refractivity contribution < 1.29 is 4.79 Å². The summed E-state index contributed by atoms with van der Waals surface area (Å²) >= 11 is 3.31. The van der Waals surface area contributed by atoms with E-state index in [1.165, 1.54) is 0 Å². The van der Waals surface area contributed by atoms with E-state index < -0.39 is 0 Å². The maximum absolute atomic E-state index is 11.9. The van der Waals surface area contributed by atoms with Crippen LogP contribution >= 0.6 is 23.1 Å². The lowest BCUT2D eigenvalue weighted by Gasteiger charge is -2.07. The van der Waals surface area contributed by atoms with Crippen LogP contribution in [-0.2, 0) is 17.8 Å². The molecule has 0 aromatic carbocycles. The zero-order chi connectivity index (χ0) is 15.2. The first-order valence-electron chi connectivity index (χ1n) is 6.92. The average Bonchev–Trinajstić information content (AvgIpc) is 3.00. The van der Waals surface area contributed by atoms with Crippen molar-refractivity contribution >= 4 is 29.0 Å². The van der Waals surface area contributed by atoms with Gasteiger partial charge < -0.3 is 9.88 Å². The highest BCUT2D eigenvalue weighted by Crippen LogP contribution is 2.22. The molecule has 0 unspecified atom stereocenters. The SMILES string of the molecule is CCSc1nc(CC(=O)NCCn2cnc(C)c2C)cs1. The van der Waals surface area contributed by atoms with Crippen LogP contribution in [0.5, 0.6) is 0 Å². The van der Waals surface area contributed by atoms with Gasteiger partial charge in [-0.1, -0.05) is 18.7 Å². The lowest BCUT2D eigenvalue weighted by molar-refractivity contribution is -0.120. The largest absolute Gasteiger partial charge is 0.354 e. The molecule has 0 saturated heterocycles. The zero-order valence-electron chi connectivity index (χ0n) is 12.5. The van der Waals surface area contributed by atoms with Crippen molar-refractivity contribution in [2.45, 2.75) is 38.1 Å². The summed E-state index contributed by atoms with van der Waals surface area (Å²) in [5.74, 6) is 1.02. The average molecular weight is 324 g/mol. The molecule has 7 heteroatoms. The van der Waals surface area contributed by atoms with Gasteiger partial charge in [-0.15, -0.1) is 11.3 Å². The van der Waals surface area contributed by atoms with E-state index in [4.69, 9.17) is 0 Å². The predicted molar refractivity (Wildman–Crippen MR) is 86.9 cm³/mol. The van der Waals surface area contributed by atoms with Crippen LogP contribution in [0.1, 0.15) is 24.0 Å². The maximum Gasteiger partial charge on any atom is 0.226 e. The first-order chi connectivity index (χ1) is 10.1. The Hall–Kier alpha value is -1.34. The van der Waals surface area contributed by atoms with Gasteiger partial charge in [0.1, 0.15) is 4.34 Å². The Bertz CT molecular complexity index is 606. The number of aryl methyl sites for hydroxylation is 1. The quantitative estimate of drug-likeness (QED) is 0.795. The van der Waals surface area contributed by atoms with Crippen molar-refractivity contribution in [2.24, 2.45) is 0 Å². The fourth-order valence-corrected chi connectivity index (χ4v) is 3.61. The van der Waals surface area contributed by atoms with E-state index >= 15 is 0 Å². The number of hydrogen-bond acceptors (Lipinski definition) is 5. The van der Waals surface area contributed by atoms with Crippen LogP contribution in [-0.4, -0.2) is 32.7 Å². The highest BCUT2D eigenvalue weighted by molar-refractivity contribution is 8.00. The number of carbonyl (C=O) groups excluding carboxylic acids is 1. The summed E-state index contributed by atoms with van der Waals surface area (Å²) in [5.41, 5.74) is 3.03. The number of thioether (sulfide) groups is 1. The molecule has 2 heterocycles. The standard InChI is InChI=1S/C14H20N4OS2/c1-4-20-14-17-12(8-21-14)7-13(19)15-5-6-18-9-16-10(2)11(18)3/h8-9H,4-7H2,1-3H3,(H,15,19). The fraction of sp³-hybridized carbons (Fsp3) is 0.500. The molecular weight excluding hydrogens is 304 g/mol. The molecule has 2 aromatic rings. The molecule has 0 radical (unpaired) electrons. The minimum absolute atomic E-state index is 0.0165. The molecule has 114 valence electrons. The van der Waals surface area contributed by atoms with Crippen LogP contribution in [0.3, 0.4) is 0 Å². The summed E-state index contributed by atoms with van der Waals surface area (Å²) in [5, 5.41) is 4.89. The highest BCUT2D eigenvalue weighted by atomic mass is 32.2. The predicted octanol–water partition coefficient (Wildman–Crippen LogP) is 2.43. The summed E-state index contributed by atoms with van der Waals surface area (Å²) in [6, 6.07) is 0. The van der Waals surface area contributed by atoms with Crippen molar-refractivity contribution in [3.63, 3.8) is 0 Å². The second-order valence-corrected chi connectivity index (χ2v) is 7.04. The number of rotatable bonds is 7. The number of imidazole rings is 1. The number of aromatic nitrogens is 3. The zero-order valence-corrected chi connectivity index (χ0v) is 14.2. The van der Waals surface area contributed by atoms with Crippen LogP contribution < -0.4 is 5.32 Å². The van der Waals surface area contributed by atoms with Gasteiger partial charge in [0.2, 0.25) is 5.91 Å². The Morgan fingerprint density at radius 2 is 2.29 bits per heavy atom. The second-order valence-electron chi connectivity index (χ2n) is 4.67. The molecule has 0 aliphatic rings. The Morgan fingerprint density at radius 1 is 1.48 bits per heavy atom. The molecule has 1 N–H and O–H groups in total. The molecule has 0 spiro atoms. The summed E-state index contributed by atoms with van der Waals surface area (Å²) < 4.78 is 3.08. The van der Waals surface area contributed by atoms with E-state index in [1.807, 2.05) is 25.6 Å². The van der Waals surface area contributed by atoms with Crippen molar-refractivity contribution in [1.29, 1.82) is 0 Å². The number of nitrogens with one attached hydrogen (secondary N) is 1. The smallest absolute Gasteiger partial charge is 0.226 e. The van der Waals surface area contributed by atoms with Gasteiger partial charge >= 0.3 is 0 Å². The van der Waals surface area contributed by atoms with Gasteiger partial charge in [0.15, 0.2) is 0 Å². The van der Waals surface area contributed by atoms with Crippen molar-refractivity contribution in [2.75, 3.05) is 12.3 Å². The van der Waals surface area contributed by atoms with Gasteiger partial charge in [-0.2, -0.15) is 0 Å². The molecule has 0 saturated carbocycles. The highest BCUT2D eigenvalue weighted by Gasteiger charge is 2.08. The third-order valence-electron chi connectivity index (χ3n) is 3.16. The van der Waals surface area contributed by atoms with Gasteiger partial charge in [-0.3, -0.25) is 4.79 Å². The van der Waals surface area contributed by atoms with Crippen LogP contribution in [0.15, 0.2) is 16.0 Å². The van der Waals surface area contributed by atoms with Gasteiger partial charge in [0.05, 0.1) is 24.1 Å². The van der Waals surface area contributed by atoms with Gasteiger partial charge in [0.25, 0.3) is 0 Å². The molecule has 2 rings (SSSR count).